The minimum Gasteiger partial charge on any atom is -0.507 e. The second-order valence-corrected chi connectivity index (χ2v) is 25.3. The molecular formula is C64H80Ac2N10O11. The van der Waals surface area contributed by atoms with E-state index in [9.17, 15) is 40.5 Å². The van der Waals surface area contributed by atoms with Crippen molar-refractivity contribution in [2.45, 2.75) is 165 Å². The number of aromatic hydroxyl groups is 4. The van der Waals surface area contributed by atoms with Gasteiger partial charge in [-0.15, -0.1) is 0 Å². The summed E-state index contributed by atoms with van der Waals surface area (Å²) in [6.07, 6.45) is 5.91. The van der Waals surface area contributed by atoms with Gasteiger partial charge >= 0.3 is 5.97 Å². The summed E-state index contributed by atoms with van der Waals surface area (Å²) in [5.74, 6) is 2.61. The summed E-state index contributed by atoms with van der Waals surface area (Å²) in [6.45, 7) is 14.1. The maximum Gasteiger partial charge on any atom is 0.320 e. The van der Waals surface area contributed by atoms with Crippen LogP contribution in [0.4, 0.5) is 0 Å². The number of benzene rings is 4. The Hall–Kier alpha value is -4.20. The number of hydrogen-bond acceptors (Lipinski definition) is 19. The number of nitrogens with one attached hydrogen (secondary N) is 1. The Kier molecular flexibility index (Phi) is 19.2. The zero-order chi connectivity index (χ0) is 60.5. The number of hydrogen-bond donors (Lipinski definition) is 7. The van der Waals surface area contributed by atoms with E-state index in [4.69, 9.17) is 29.8 Å². The summed E-state index contributed by atoms with van der Waals surface area (Å²) in [5.41, 5.74) is 18.7. The van der Waals surface area contributed by atoms with Crippen LogP contribution in [0.2, 0.25) is 0 Å². The zero-order valence-electron chi connectivity index (χ0n) is 51.5. The molecule has 10 aliphatic heterocycles. The standard InChI is InChI=1S/C32H39N5O5.C26H30N4O4.C6H11NO2.2Ac/c1-15-9-18-10-21-23(12-33)37-22(27(36(21)5)25(18)29(39)16(15)2)11-19-26(31-30(41-14-42-31)17(3)28(19)38)24(37)13-34-32(40)20-7-6-8-35(20)4;1-11-5-14-6-16-18(8-27)30-17(22(29(16)4)20(14)24(32)12(11)2)7-15-21(19(30)9-28)26-25(33-10-34-26)13(3)23(15)31;1-7-4-2-3-5(7)6(8)9;;/h9,20-24,27,38-39H,6-8,10-11,13-14H2,1-5H3,(H,34,40);5,16-19,22,31-32H,6-7,9-10,28H2,1-4H3;5H,2-4H2,1H3,(H,8,9);;/t20-,21-,22?,23-,24-,27-;16-,17?,18-,19-,22-;5-;;/m000../s1. The first-order chi connectivity index (χ1) is 40.6. The molecule has 4 aromatic rings. The van der Waals surface area contributed by atoms with Crippen molar-refractivity contribution in [3.63, 3.8) is 0 Å². The normalized spacial score (nSPS) is 28.8. The third kappa shape index (κ3) is 10.5. The van der Waals surface area contributed by atoms with Crippen molar-refractivity contribution in [3.05, 3.63) is 90.0 Å². The molecule has 4 fully saturated rings. The summed E-state index contributed by atoms with van der Waals surface area (Å²) in [7, 11) is 7.92. The number of phenolic OH excluding ortho intramolecular Hbond substituents is 4. The maximum atomic E-state index is 13.4. The van der Waals surface area contributed by atoms with Crippen molar-refractivity contribution in [1.82, 2.24) is 34.7 Å². The van der Waals surface area contributed by atoms with Crippen LogP contribution in [-0.4, -0.2) is 183 Å². The molecule has 4 bridgehead atoms. The van der Waals surface area contributed by atoms with E-state index in [-0.39, 0.29) is 187 Å². The number of aliphatic carboxylic acids is 1. The van der Waals surface area contributed by atoms with E-state index in [1.54, 1.807) is 0 Å². The van der Waals surface area contributed by atoms with E-state index in [1.165, 1.54) is 0 Å². The first kappa shape index (κ1) is 65.7. The van der Waals surface area contributed by atoms with Gasteiger partial charge in [-0.25, -0.2) is 0 Å². The van der Waals surface area contributed by atoms with Gasteiger partial charge in [0, 0.05) is 170 Å². The van der Waals surface area contributed by atoms with Gasteiger partial charge in [-0.05, 0) is 168 Å². The van der Waals surface area contributed by atoms with Crippen LogP contribution in [0, 0.1) is 152 Å². The number of carbonyl (C=O) groups excluding carboxylic acids is 1. The van der Waals surface area contributed by atoms with Crippen molar-refractivity contribution >= 4 is 11.9 Å². The number of likely N-dealkylation sites (N-methyl/N-ethyl adjacent to an activating group) is 4. The second kappa shape index (κ2) is 25.5. The van der Waals surface area contributed by atoms with Gasteiger partial charge < -0.3 is 55.5 Å². The number of carboxylic acids is 1. The van der Waals surface area contributed by atoms with Gasteiger partial charge in [0.1, 0.15) is 41.1 Å². The number of nitrogens with two attached hydrogens (primary N) is 1. The van der Waals surface area contributed by atoms with Crippen molar-refractivity contribution in [3.8, 4) is 58.1 Å². The van der Waals surface area contributed by atoms with Gasteiger partial charge in [-0.3, -0.25) is 39.0 Å². The molecule has 23 heteroatoms. The van der Waals surface area contributed by atoms with E-state index >= 15 is 0 Å². The minimum atomic E-state index is -0.685. The van der Waals surface area contributed by atoms with Gasteiger partial charge in [0.2, 0.25) is 19.5 Å². The Morgan fingerprint density at radius 1 is 0.586 bits per heavy atom. The molecule has 10 heterocycles. The Balaban J connectivity index is 0.000000167. The minimum absolute atomic E-state index is 0. The molecule has 8 N–H and O–H groups in total. The number of amides is 1. The third-order valence-corrected chi connectivity index (χ3v) is 21.2. The number of aryl methyl sites for hydroxylation is 2. The van der Waals surface area contributed by atoms with Gasteiger partial charge in [-0.1, -0.05) is 12.1 Å². The Morgan fingerprint density at radius 3 is 1.39 bits per heavy atom. The van der Waals surface area contributed by atoms with Crippen molar-refractivity contribution in [2.24, 2.45) is 5.73 Å². The molecule has 12 atom stereocenters. The number of phenols is 4. The molecule has 21 nitrogen and oxygen atoms in total. The Bertz CT molecular complexity index is 3520. The van der Waals surface area contributed by atoms with E-state index in [1.807, 2.05) is 74.6 Å². The van der Waals surface area contributed by atoms with Crippen LogP contribution in [0.1, 0.15) is 128 Å². The summed E-state index contributed by atoms with van der Waals surface area (Å²) < 4.78 is 23.4. The molecule has 2 radical (unpaired) electrons. The molecule has 0 spiro atoms. The molecule has 10 aliphatic rings. The zero-order valence-corrected chi connectivity index (χ0v) is 61.0. The maximum absolute atomic E-state index is 13.4. The number of nitriles is 2. The summed E-state index contributed by atoms with van der Waals surface area (Å²) in [6, 6.07) is 6.62. The van der Waals surface area contributed by atoms with Crippen LogP contribution in [0.15, 0.2) is 12.1 Å². The van der Waals surface area contributed by atoms with E-state index < -0.39 is 24.1 Å². The summed E-state index contributed by atoms with van der Waals surface area (Å²) in [5, 5.41) is 78.5. The van der Waals surface area contributed by atoms with Crippen molar-refractivity contribution in [1.29, 1.82) is 10.5 Å². The molecule has 14 rings (SSSR count). The molecule has 4 saturated heterocycles. The van der Waals surface area contributed by atoms with E-state index in [0.29, 0.717) is 71.3 Å². The summed E-state index contributed by atoms with van der Waals surface area (Å²) in [4.78, 5) is 36.7. The number of ether oxygens (including phenoxy) is 4. The topological polar surface area (TPSA) is 277 Å². The number of piperazine rings is 2. The van der Waals surface area contributed by atoms with Crippen LogP contribution in [-0.2, 0) is 35.3 Å². The molecule has 0 saturated carbocycles. The molecule has 87 heavy (non-hydrogen) atoms. The molecule has 458 valence electrons. The largest absolute Gasteiger partial charge is 0.507 e. The smallest absolute Gasteiger partial charge is 0.320 e. The fourth-order valence-corrected chi connectivity index (χ4v) is 16.6. The number of fused-ring (bicyclic) bond motifs is 18. The Morgan fingerprint density at radius 2 is 1.00 bits per heavy atom. The van der Waals surface area contributed by atoms with Crippen molar-refractivity contribution in [2.75, 3.05) is 68.0 Å². The molecule has 0 aromatic heterocycles. The third-order valence-electron chi connectivity index (χ3n) is 21.2. The van der Waals surface area contributed by atoms with E-state index in [2.05, 4.69) is 54.1 Å². The number of nitrogens with zero attached hydrogens (tertiary/aromatic N) is 8. The number of carbonyl (C=O) groups is 2. The average Bonchev–Trinajstić information content (AvgIpc) is 1.03. The number of rotatable bonds is 5. The predicted molar refractivity (Wildman–Crippen MR) is 313 cm³/mol. The first-order valence-corrected chi connectivity index (χ1v) is 30.0. The molecule has 1 amide bonds. The molecule has 0 aliphatic carbocycles. The van der Waals surface area contributed by atoms with E-state index in [0.717, 1.165) is 106 Å². The van der Waals surface area contributed by atoms with Crippen molar-refractivity contribution < 1.29 is 142 Å². The number of likely N-dealkylation sites (tertiary alicyclic amines) is 2. The molecule has 4 aromatic carbocycles. The van der Waals surface area contributed by atoms with Gasteiger partial charge in [0.15, 0.2) is 23.0 Å². The quantitative estimate of drug-likeness (QED) is 0.132. The molecule has 2 unspecified atom stereocenters. The summed E-state index contributed by atoms with van der Waals surface area (Å²) >= 11 is 0. The average molecular weight is 1620 g/mol. The number of carboxylic acid groups (broad SMARTS) is 1. The fraction of sp³-hybridized carbons (Fsp3) is 0.562. The van der Waals surface area contributed by atoms with Crippen LogP contribution < -0.4 is 30.0 Å². The fourth-order valence-electron chi connectivity index (χ4n) is 16.6. The van der Waals surface area contributed by atoms with Crippen LogP contribution >= 0.6 is 0 Å². The predicted octanol–water partition coefficient (Wildman–Crippen LogP) is 5.38. The first-order valence-electron chi connectivity index (χ1n) is 30.0. The van der Waals surface area contributed by atoms with Crippen LogP contribution in [0.25, 0.3) is 0 Å². The van der Waals surface area contributed by atoms with Crippen LogP contribution in [0.5, 0.6) is 46.0 Å². The molecular weight excluding hydrogens is 1540 g/mol. The van der Waals surface area contributed by atoms with Crippen LogP contribution in [0.3, 0.4) is 0 Å². The SMILES string of the molecule is CN1CCC[C@H]1C(=O)O.Cc1cc2c(c(O)c1C)[C@@H]1C3Cc4c(O)c(C)c5c(c4[C@H](CN)N3[C@@H](C#N)[C@H](C2)N1C)OCO5.Cc1cc2c(c(O)c1C)[C@@H]1C3Cc4c(O)c(C)c5c(c4[C@H](CNC(=O)[C@@H]4CCCN4C)N3[C@@H](C#N)[C@H](C2)N1C)OCO5.[Ac].[Ac]. The second-order valence-electron chi connectivity index (χ2n) is 25.3. The van der Waals surface area contributed by atoms with Gasteiger partial charge in [0.05, 0.1) is 42.3 Å². The Labute approximate surface area is 580 Å². The van der Waals surface area contributed by atoms with Gasteiger partial charge in [-0.2, -0.15) is 10.5 Å². The van der Waals surface area contributed by atoms with Gasteiger partial charge in [0.25, 0.3) is 0 Å². The monoisotopic (exact) mass is 1620 g/mol.